The zero-order valence-electron chi connectivity index (χ0n) is 19.8. The largest absolute Gasteiger partial charge is 0.383 e. The molecule has 0 aliphatic carbocycles. The number of nitrogens with one attached hydrogen (secondary N) is 1. The number of hydrogen-bond acceptors (Lipinski definition) is 7. The van der Waals surface area contributed by atoms with E-state index in [1.807, 2.05) is 12.1 Å². The Hall–Kier alpha value is -3.14. The molecule has 1 fully saturated rings. The number of halogens is 1. The molecule has 8 nitrogen and oxygen atoms in total. The van der Waals surface area contributed by atoms with Crippen molar-refractivity contribution >= 4 is 28.1 Å². The second kappa shape index (κ2) is 10.4. The summed E-state index contributed by atoms with van der Waals surface area (Å²) < 4.78 is 20.8. The van der Waals surface area contributed by atoms with Crippen LogP contribution in [0.2, 0.25) is 0 Å². The molecule has 4 rings (SSSR count). The molecule has 1 N–H and O–H groups in total. The predicted octanol–water partition coefficient (Wildman–Crippen LogP) is 2.88. The molecule has 3 aromatic rings. The van der Waals surface area contributed by atoms with Gasteiger partial charge in [-0.1, -0.05) is 0 Å². The van der Waals surface area contributed by atoms with Gasteiger partial charge >= 0.3 is 0 Å². The molecule has 2 heterocycles. The Labute approximate surface area is 197 Å². The molecule has 0 radical (unpaired) electrons. The van der Waals surface area contributed by atoms with E-state index >= 15 is 0 Å². The third-order valence-electron chi connectivity index (χ3n) is 6.15. The standard InChI is InChI=1S/C25H30FN5O3/c1-17(32)20-14-18(4-6-22(20)26)27-19-5-7-23-21(15-19)25(33)31(12-13-34-3)24(28-23)16-30-10-8-29(2)9-11-30/h4-7,14-15,27H,8-13,16H2,1-3H3. The highest BCUT2D eigenvalue weighted by molar-refractivity contribution is 5.95. The Morgan fingerprint density at radius 1 is 1.12 bits per heavy atom. The number of carbonyl (C=O) groups excluding carboxylic acids is 1. The van der Waals surface area contributed by atoms with Crippen molar-refractivity contribution in [1.82, 2.24) is 19.4 Å². The van der Waals surface area contributed by atoms with Gasteiger partial charge in [-0.25, -0.2) is 9.37 Å². The summed E-state index contributed by atoms with van der Waals surface area (Å²) in [5.41, 5.74) is 1.72. The van der Waals surface area contributed by atoms with E-state index in [4.69, 9.17) is 9.72 Å². The topological polar surface area (TPSA) is 79.7 Å². The second-order valence-electron chi connectivity index (χ2n) is 8.66. The van der Waals surface area contributed by atoms with Gasteiger partial charge in [-0.05, 0) is 50.4 Å². The molecule has 2 aromatic carbocycles. The lowest BCUT2D eigenvalue weighted by Gasteiger charge is -2.32. The van der Waals surface area contributed by atoms with Gasteiger partial charge in [0.15, 0.2) is 5.78 Å². The molecule has 1 aromatic heterocycles. The lowest BCUT2D eigenvalue weighted by molar-refractivity contribution is 0.101. The van der Waals surface area contributed by atoms with Crippen LogP contribution >= 0.6 is 0 Å². The first kappa shape index (κ1) is 24.0. The van der Waals surface area contributed by atoms with Crippen molar-refractivity contribution in [1.29, 1.82) is 0 Å². The summed E-state index contributed by atoms with van der Waals surface area (Å²) in [7, 11) is 3.72. The number of likely N-dealkylation sites (N-methyl/N-ethyl adjacent to an activating group) is 1. The van der Waals surface area contributed by atoms with E-state index in [9.17, 15) is 14.0 Å². The third kappa shape index (κ3) is 5.32. The number of ketones is 1. The number of Topliss-reactive ketones (excluding diaryl/α,β-unsaturated/α-hetero) is 1. The first-order valence-corrected chi connectivity index (χ1v) is 11.4. The van der Waals surface area contributed by atoms with Gasteiger partial charge < -0.3 is 15.0 Å². The van der Waals surface area contributed by atoms with Crippen LogP contribution in [-0.2, 0) is 17.8 Å². The third-order valence-corrected chi connectivity index (χ3v) is 6.15. The lowest BCUT2D eigenvalue weighted by atomic mass is 10.1. The summed E-state index contributed by atoms with van der Waals surface area (Å²) in [6, 6.07) is 9.65. The number of fused-ring (bicyclic) bond motifs is 1. The molecule has 1 aliphatic rings. The van der Waals surface area contributed by atoms with Crippen LogP contribution in [-0.4, -0.2) is 72.1 Å². The van der Waals surface area contributed by atoms with E-state index in [1.165, 1.54) is 19.1 Å². The molecule has 0 unspecified atom stereocenters. The Morgan fingerprint density at radius 3 is 2.53 bits per heavy atom. The maximum atomic E-state index is 13.9. The summed E-state index contributed by atoms with van der Waals surface area (Å²) in [6.45, 7) is 6.58. The maximum Gasteiger partial charge on any atom is 0.261 e. The van der Waals surface area contributed by atoms with E-state index in [-0.39, 0.29) is 16.9 Å². The van der Waals surface area contributed by atoms with Gasteiger partial charge in [-0.2, -0.15) is 0 Å². The van der Waals surface area contributed by atoms with E-state index in [2.05, 4.69) is 22.2 Å². The highest BCUT2D eigenvalue weighted by atomic mass is 19.1. The second-order valence-corrected chi connectivity index (χ2v) is 8.66. The minimum absolute atomic E-state index is 0.0166. The quantitative estimate of drug-likeness (QED) is 0.511. The van der Waals surface area contributed by atoms with Gasteiger partial charge in [0.05, 0.1) is 36.2 Å². The molecule has 1 aliphatic heterocycles. The molecule has 0 spiro atoms. The van der Waals surface area contributed by atoms with E-state index in [0.717, 1.165) is 32.0 Å². The minimum atomic E-state index is -0.560. The maximum absolute atomic E-state index is 13.9. The number of hydrogen-bond donors (Lipinski definition) is 1. The Kier molecular flexibility index (Phi) is 7.35. The Morgan fingerprint density at radius 2 is 1.82 bits per heavy atom. The van der Waals surface area contributed by atoms with Gasteiger partial charge in [0.25, 0.3) is 5.56 Å². The summed E-state index contributed by atoms with van der Waals surface area (Å²) in [4.78, 5) is 34.6. The fraction of sp³-hybridized carbons (Fsp3) is 0.400. The number of anilines is 2. The average molecular weight is 468 g/mol. The number of aromatic nitrogens is 2. The fourth-order valence-electron chi connectivity index (χ4n) is 4.12. The SMILES string of the molecule is COCCn1c(CN2CCN(C)CC2)nc2ccc(Nc3ccc(F)c(C(C)=O)c3)cc2c1=O. The summed E-state index contributed by atoms with van der Waals surface area (Å²) in [6.07, 6.45) is 0. The summed E-state index contributed by atoms with van der Waals surface area (Å²) in [5, 5.41) is 3.64. The van der Waals surface area contributed by atoms with E-state index < -0.39 is 5.82 Å². The highest BCUT2D eigenvalue weighted by Gasteiger charge is 2.18. The highest BCUT2D eigenvalue weighted by Crippen LogP contribution is 2.23. The monoisotopic (exact) mass is 467 g/mol. The van der Waals surface area contributed by atoms with Gasteiger partial charge in [0.2, 0.25) is 0 Å². The predicted molar refractivity (Wildman–Crippen MR) is 130 cm³/mol. The van der Waals surface area contributed by atoms with Crippen LogP contribution in [0.4, 0.5) is 15.8 Å². The number of piperazine rings is 1. The first-order valence-electron chi connectivity index (χ1n) is 11.4. The number of ether oxygens (including phenoxy) is 1. The van der Waals surface area contributed by atoms with Crippen LogP contribution in [0, 0.1) is 5.82 Å². The van der Waals surface area contributed by atoms with E-state index in [1.54, 1.807) is 23.8 Å². The summed E-state index contributed by atoms with van der Waals surface area (Å²) in [5.74, 6) is -0.183. The van der Waals surface area contributed by atoms with Gasteiger partial charge in [0, 0.05) is 44.7 Å². The molecule has 1 saturated heterocycles. The number of methoxy groups -OCH3 is 1. The number of benzene rings is 2. The van der Waals surface area contributed by atoms with Crippen molar-refractivity contribution in [3.05, 3.63) is 64.0 Å². The van der Waals surface area contributed by atoms with Crippen LogP contribution < -0.4 is 10.9 Å². The van der Waals surface area contributed by atoms with Gasteiger partial charge in [-0.15, -0.1) is 0 Å². The van der Waals surface area contributed by atoms with Crippen molar-refractivity contribution < 1.29 is 13.9 Å². The zero-order chi connectivity index (χ0) is 24.2. The van der Waals surface area contributed by atoms with Crippen molar-refractivity contribution in [3.8, 4) is 0 Å². The van der Waals surface area contributed by atoms with Gasteiger partial charge in [-0.3, -0.25) is 19.1 Å². The van der Waals surface area contributed by atoms with Crippen molar-refractivity contribution in [2.24, 2.45) is 0 Å². The van der Waals surface area contributed by atoms with Crippen LogP contribution in [0.1, 0.15) is 23.1 Å². The molecule has 180 valence electrons. The van der Waals surface area contributed by atoms with Crippen LogP contribution in [0.15, 0.2) is 41.2 Å². The molecule has 0 bridgehead atoms. The molecular weight excluding hydrogens is 437 g/mol. The molecule has 0 atom stereocenters. The normalized spacial score (nSPS) is 15.1. The Balaban J connectivity index is 1.67. The number of carbonyl (C=O) groups is 1. The Bertz CT molecular complexity index is 1250. The molecule has 0 amide bonds. The first-order chi connectivity index (χ1) is 16.4. The van der Waals surface area contributed by atoms with E-state index in [0.29, 0.717) is 42.0 Å². The van der Waals surface area contributed by atoms with Crippen molar-refractivity contribution in [3.63, 3.8) is 0 Å². The number of rotatable bonds is 8. The van der Waals surface area contributed by atoms with Crippen molar-refractivity contribution in [2.45, 2.75) is 20.0 Å². The molecular formula is C25H30FN5O3. The fourth-order valence-corrected chi connectivity index (χ4v) is 4.12. The van der Waals surface area contributed by atoms with Crippen LogP contribution in [0.3, 0.4) is 0 Å². The number of nitrogens with zero attached hydrogens (tertiary/aromatic N) is 4. The van der Waals surface area contributed by atoms with Crippen molar-refractivity contribution in [2.75, 3.05) is 52.3 Å². The smallest absolute Gasteiger partial charge is 0.261 e. The summed E-state index contributed by atoms with van der Waals surface area (Å²) >= 11 is 0. The van der Waals surface area contributed by atoms with Crippen LogP contribution in [0.5, 0.6) is 0 Å². The minimum Gasteiger partial charge on any atom is -0.383 e. The molecule has 34 heavy (non-hydrogen) atoms. The zero-order valence-corrected chi connectivity index (χ0v) is 19.8. The van der Waals surface area contributed by atoms with Crippen LogP contribution in [0.25, 0.3) is 10.9 Å². The molecule has 9 heteroatoms. The lowest BCUT2D eigenvalue weighted by Crippen LogP contribution is -2.45. The van der Waals surface area contributed by atoms with Gasteiger partial charge in [0.1, 0.15) is 11.6 Å². The molecule has 0 saturated carbocycles. The average Bonchev–Trinajstić information content (AvgIpc) is 2.82.